The normalized spacial score (nSPS) is 25.4. The summed E-state index contributed by atoms with van der Waals surface area (Å²) >= 11 is 5.67. The van der Waals surface area contributed by atoms with Crippen LogP contribution in [0, 0.1) is 5.92 Å². The van der Waals surface area contributed by atoms with Crippen LogP contribution in [0.1, 0.15) is 32.6 Å². The van der Waals surface area contributed by atoms with Crippen molar-refractivity contribution in [2.24, 2.45) is 5.92 Å². The van der Waals surface area contributed by atoms with E-state index in [1.807, 2.05) is 0 Å². The molecule has 6 heteroatoms. The summed E-state index contributed by atoms with van der Waals surface area (Å²) in [7, 11) is 0. The van der Waals surface area contributed by atoms with Gasteiger partial charge >= 0.3 is 6.01 Å². The van der Waals surface area contributed by atoms with Crippen molar-refractivity contribution in [3.63, 3.8) is 0 Å². The summed E-state index contributed by atoms with van der Waals surface area (Å²) < 4.78 is 5.64. The molecule has 1 aliphatic carbocycles. The van der Waals surface area contributed by atoms with Crippen LogP contribution in [0.25, 0.3) is 0 Å². The minimum atomic E-state index is 0.0756. The minimum Gasteiger partial charge on any atom is -0.460 e. The topological polar surface area (TPSA) is 73.9 Å². The first kappa shape index (κ1) is 11.4. The van der Waals surface area contributed by atoms with E-state index in [1.165, 1.54) is 12.8 Å². The van der Waals surface area contributed by atoms with Crippen LogP contribution in [0.15, 0.2) is 0 Å². The smallest absolute Gasteiger partial charge is 0.322 e. The molecule has 0 radical (unpaired) electrons. The van der Waals surface area contributed by atoms with E-state index < -0.39 is 0 Å². The summed E-state index contributed by atoms with van der Waals surface area (Å²) in [6, 6.07) is 0.233. The quantitative estimate of drug-likeness (QED) is 0.859. The largest absolute Gasteiger partial charge is 0.460 e. The van der Waals surface area contributed by atoms with Gasteiger partial charge in [0.1, 0.15) is 6.10 Å². The summed E-state index contributed by atoms with van der Waals surface area (Å²) in [5, 5.41) is 0.0756. The number of nitrogen functional groups attached to an aromatic ring is 1. The van der Waals surface area contributed by atoms with Gasteiger partial charge in [0.05, 0.1) is 0 Å². The molecule has 0 unspecified atom stereocenters. The highest BCUT2D eigenvalue weighted by Crippen LogP contribution is 2.26. The van der Waals surface area contributed by atoms with Crippen molar-refractivity contribution >= 4 is 17.5 Å². The fraction of sp³-hybridized carbons (Fsp3) is 0.700. The van der Waals surface area contributed by atoms with Crippen LogP contribution in [0.3, 0.4) is 0 Å². The molecule has 2 N–H and O–H groups in total. The predicted octanol–water partition coefficient (Wildman–Crippen LogP) is 2.06. The molecule has 0 aliphatic heterocycles. The van der Waals surface area contributed by atoms with Crippen LogP contribution in [0.5, 0.6) is 6.01 Å². The molecule has 1 aromatic rings. The Morgan fingerprint density at radius 3 is 2.50 bits per heavy atom. The predicted molar refractivity (Wildman–Crippen MR) is 61.3 cm³/mol. The molecule has 16 heavy (non-hydrogen) atoms. The maximum Gasteiger partial charge on any atom is 0.322 e. The fourth-order valence-corrected chi connectivity index (χ4v) is 2.05. The Labute approximate surface area is 99.4 Å². The van der Waals surface area contributed by atoms with Gasteiger partial charge in [-0.1, -0.05) is 6.92 Å². The van der Waals surface area contributed by atoms with Crippen LogP contribution in [-0.2, 0) is 0 Å². The highest BCUT2D eigenvalue weighted by molar-refractivity contribution is 6.28. The maximum absolute atomic E-state index is 5.67. The van der Waals surface area contributed by atoms with Gasteiger partial charge in [-0.2, -0.15) is 15.0 Å². The van der Waals surface area contributed by atoms with E-state index in [9.17, 15) is 0 Å². The lowest BCUT2D eigenvalue weighted by atomic mass is 9.89. The van der Waals surface area contributed by atoms with Crippen LogP contribution in [0.2, 0.25) is 5.28 Å². The zero-order valence-electron chi connectivity index (χ0n) is 9.19. The molecular weight excluding hydrogens is 228 g/mol. The minimum absolute atomic E-state index is 0.0756. The van der Waals surface area contributed by atoms with Gasteiger partial charge in [-0.15, -0.1) is 0 Å². The second-order valence-corrected chi connectivity index (χ2v) is 4.58. The highest BCUT2D eigenvalue weighted by atomic mass is 35.5. The van der Waals surface area contributed by atoms with Gasteiger partial charge in [0, 0.05) is 0 Å². The van der Waals surface area contributed by atoms with Gasteiger partial charge in [-0.3, -0.25) is 0 Å². The average molecular weight is 243 g/mol. The summed E-state index contributed by atoms with van der Waals surface area (Å²) in [4.78, 5) is 11.5. The third kappa shape index (κ3) is 2.95. The van der Waals surface area contributed by atoms with E-state index in [2.05, 4.69) is 21.9 Å². The summed E-state index contributed by atoms with van der Waals surface area (Å²) in [6.45, 7) is 2.26. The number of nitrogens with zero attached hydrogens (tertiary/aromatic N) is 3. The molecule has 1 aromatic heterocycles. The summed E-state index contributed by atoms with van der Waals surface area (Å²) in [5.74, 6) is 0.881. The number of anilines is 1. The molecule has 0 amide bonds. The average Bonchev–Trinajstić information content (AvgIpc) is 2.20. The maximum atomic E-state index is 5.67. The van der Waals surface area contributed by atoms with Crippen molar-refractivity contribution in [2.75, 3.05) is 5.73 Å². The van der Waals surface area contributed by atoms with E-state index in [1.54, 1.807) is 0 Å². The first-order valence-electron chi connectivity index (χ1n) is 5.47. The van der Waals surface area contributed by atoms with Crippen LogP contribution >= 0.6 is 11.6 Å². The number of nitrogens with two attached hydrogens (primary N) is 1. The van der Waals surface area contributed by atoms with Crippen molar-refractivity contribution < 1.29 is 4.74 Å². The van der Waals surface area contributed by atoms with Crippen molar-refractivity contribution in [3.8, 4) is 6.01 Å². The lowest BCUT2D eigenvalue weighted by Crippen LogP contribution is -2.24. The van der Waals surface area contributed by atoms with Crippen LogP contribution < -0.4 is 10.5 Å². The molecule has 1 fully saturated rings. The number of aromatic nitrogens is 3. The molecule has 5 nitrogen and oxygen atoms in total. The van der Waals surface area contributed by atoms with Gasteiger partial charge in [0.25, 0.3) is 0 Å². The lowest BCUT2D eigenvalue weighted by Gasteiger charge is -2.25. The number of halogens is 1. The van der Waals surface area contributed by atoms with Crippen molar-refractivity contribution in [3.05, 3.63) is 5.28 Å². The van der Waals surface area contributed by atoms with Gasteiger partial charge in [0.2, 0.25) is 11.2 Å². The van der Waals surface area contributed by atoms with E-state index in [0.29, 0.717) is 0 Å². The Balaban J connectivity index is 1.98. The highest BCUT2D eigenvalue weighted by Gasteiger charge is 2.20. The summed E-state index contributed by atoms with van der Waals surface area (Å²) in [6.07, 6.45) is 4.60. The van der Waals surface area contributed by atoms with Crippen molar-refractivity contribution in [1.29, 1.82) is 0 Å². The number of hydrogen-bond acceptors (Lipinski definition) is 5. The molecule has 88 valence electrons. The Morgan fingerprint density at radius 1 is 1.19 bits per heavy atom. The number of hydrogen-bond donors (Lipinski definition) is 1. The van der Waals surface area contributed by atoms with Crippen LogP contribution in [-0.4, -0.2) is 21.1 Å². The molecule has 1 aliphatic rings. The molecule has 0 spiro atoms. The summed E-state index contributed by atoms with van der Waals surface area (Å²) in [5.41, 5.74) is 5.46. The van der Waals surface area contributed by atoms with Gasteiger partial charge < -0.3 is 10.5 Å². The standard InChI is InChI=1S/C10H15ClN4O/c1-6-2-4-7(5-3-6)16-10-14-8(11)13-9(12)15-10/h6-7H,2-5H2,1H3,(H2,12,13,14,15). The van der Waals surface area contributed by atoms with E-state index in [4.69, 9.17) is 22.1 Å². The van der Waals surface area contributed by atoms with E-state index in [-0.39, 0.29) is 23.3 Å². The third-order valence-electron chi connectivity index (χ3n) is 2.84. The Hall–Kier alpha value is -1.10. The molecule has 0 aromatic carbocycles. The number of rotatable bonds is 2. The van der Waals surface area contributed by atoms with Crippen LogP contribution in [0.4, 0.5) is 5.95 Å². The Bertz CT molecular complexity index is 346. The Morgan fingerprint density at radius 2 is 1.88 bits per heavy atom. The van der Waals surface area contributed by atoms with Gasteiger partial charge in [-0.25, -0.2) is 0 Å². The molecule has 0 atom stereocenters. The molecule has 1 saturated carbocycles. The second-order valence-electron chi connectivity index (χ2n) is 4.24. The van der Waals surface area contributed by atoms with Gasteiger partial charge in [0.15, 0.2) is 0 Å². The monoisotopic (exact) mass is 242 g/mol. The zero-order chi connectivity index (χ0) is 11.5. The first-order chi connectivity index (χ1) is 7.63. The van der Waals surface area contributed by atoms with Gasteiger partial charge in [-0.05, 0) is 43.2 Å². The SMILES string of the molecule is CC1CCC(Oc2nc(N)nc(Cl)n2)CC1. The third-order valence-corrected chi connectivity index (χ3v) is 3.01. The lowest BCUT2D eigenvalue weighted by molar-refractivity contribution is 0.124. The zero-order valence-corrected chi connectivity index (χ0v) is 9.94. The van der Waals surface area contributed by atoms with Crippen molar-refractivity contribution in [2.45, 2.75) is 38.7 Å². The molecule has 0 bridgehead atoms. The molecular formula is C10H15ClN4O. The second kappa shape index (κ2) is 4.82. The van der Waals surface area contributed by atoms with E-state index in [0.717, 1.165) is 18.8 Å². The Kier molecular flexibility index (Phi) is 3.43. The molecule has 1 heterocycles. The van der Waals surface area contributed by atoms with Crippen molar-refractivity contribution in [1.82, 2.24) is 15.0 Å². The first-order valence-corrected chi connectivity index (χ1v) is 5.85. The molecule has 0 saturated heterocycles. The molecule has 2 rings (SSSR count). The number of ether oxygens (including phenoxy) is 1. The van der Waals surface area contributed by atoms with E-state index >= 15 is 0 Å². The fourth-order valence-electron chi connectivity index (χ4n) is 1.90.